The standard InChI is InChI=1S/C14H19BrO/c1-11(13-5-7-14(15)8-6-13)16-10-9-12-3-2-4-12/h5-8,11-12H,2-4,9-10H2,1H3. The molecule has 0 heterocycles. The molecule has 0 spiro atoms. The summed E-state index contributed by atoms with van der Waals surface area (Å²) < 4.78 is 6.98. The lowest BCUT2D eigenvalue weighted by Crippen LogP contribution is -2.14. The van der Waals surface area contributed by atoms with Gasteiger partial charge in [-0.3, -0.25) is 0 Å². The number of ether oxygens (including phenoxy) is 1. The largest absolute Gasteiger partial charge is 0.374 e. The molecule has 1 fully saturated rings. The molecule has 1 aliphatic carbocycles. The summed E-state index contributed by atoms with van der Waals surface area (Å²) >= 11 is 3.44. The van der Waals surface area contributed by atoms with E-state index in [2.05, 4.69) is 47.1 Å². The molecular weight excluding hydrogens is 264 g/mol. The van der Waals surface area contributed by atoms with Crippen LogP contribution in [0.5, 0.6) is 0 Å². The van der Waals surface area contributed by atoms with Crippen molar-refractivity contribution in [1.82, 2.24) is 0 Å². The zero-order chi connectivity index (χ0) is 11.4. The van der Waals surface area contributed by atoms with Gasteiger partial charge in [-0.1, -0.05) is 47.3 Å². The van der Waals surface area contributed by atoms with E-state index >= 15 is 0 Å². The minimum absolute atomic E-state index is 0.216. The highest BCUT2D eigenvalue weighted by atomic mass is 79.9. The van der Waals surface area contributed by atoms with E-state index in [-0.39, 0.29) is 6.10 Å². The number of hydrogen-bond acceptors (Lipinski definition) is 1. The van der Waals surface area contributed by atoms with Gasteiger partial charge in [0, 0.05) is 11.1 Å². The van der Waals surface area contributed by atoms with E-state index in [1.165, 1.54) is 31.2 Å². The van der Waals surface area contributed by atoms with E-state index in [0.29, 0.717) is 0 Å². The second-order valence-corrected chi connectivity index (χ2v) is 5.57. The van der Waals surface area contributed by atoms with E-state index in [0.717, 1.165) is 17.0 Å². The fourth-order valence-electron chi connectivity index (χ4n) is 2.02. The Labute approximate surface area is 106 Å². The van der Waals surface area contributed by atoms with Crippen LogP contribution in [0.15, 0.2) is 28.7 Å². The molecule has 1 nitrogen and oxygen atoms in total. The SMILES string of the molecule is CC(OCCC1CCC1)c1ccc(Br)cc1. The average Bonchev–Trinajstić information content (AvgIpc) is 2.22. The molecule has 0 aliphatic heterocycles. The van der Waals surface area contributed by atoms with Crippen molar-refractivity contribution < 1.29 is 4.74 Å². The third-order valence-electron chi connectivity index (χ3n) is 3.46. The number of halogens is 1. The van der Waals surface area contributed by atoms with E-state index in [1.54, 1.807) is 0 Å². The third-order valence-corrected chi connectivity index (χ3v) is 3.99. The molecule has 0 radical (unpaired) electrons. The second kappa shape index (κ2) is 5.83. The summed E-state index contributed by atoms with van der Waals surface area (Å²) in [7, 11) is 0. The summed E-state index contributed by atoms with van der Waals surface area (Å²) in [5.41, 5.74) is 1.26. The molecule has 0 N–H and O–H groups in total. The molecule has 0 saturated heterocycles. The first-order chi connectivity index (χ1) is 7.75. The molecule has 1 aliphatic rings. The van der Waals surface area contributed by atoms with Crippen LogP contribution in [0.4, 0.5) is 0 Å². The number of hydrogen-bond donors (Lipinski definition) is 0. The highest BCUT2D eigenvalue weighted by molar-refractivity contribution is 9.10. The first-order valence-electron chi connectivity index (χ1n) is 6.13. The van der Waals surface area contributed by atoms with E-state index < -0.39 is 0 Å². The molecule has 0 bridgehead atoms. The Morgan fingerprint density at radius 2 is 2.00 bits per heavy atom. The first-order valence-corrected chi connectivity index (χ1v) is 6.92. The van der Waals surface area contributed by atoms with Gasteiger partial charge < -0.3 is 4.74 Å². The van der Waals surface area contributed by atoms with Gasteiger partial charge in [0.2, 0.25) is 0 Å². The van der Waals surface area contributed by atoms with Gasteiger partial charge in [-0.05, 0) is 37.0 Å². The minimum Gasteiger partial charge on any atom is -0.374 e. The van der Waals surface area contributed by atoms with Gasteiger partial charge in [0.15, 0.2) is 0 Å². The zero-order valence-electron chi connectivity index (χ0n) is 9.79. The predicted octanol–water partition coefficient (Wildman–Crippen LogP) is 4.72. The van der Waals surface area contributed by atoms with Crippen LogP contribution in [0.25, 0.3) is 0 Å². The van der Waals surface area contributed by atoms with Crippen molar-refractivity contribution in [3.05, 3.63) is 34.3 Å². The molecule has 1 aromatic carbocycles. The smallest absolute Gasteiger partial charge is 0.0796 e. The van der Waals surface area contributed by atoms with Gasteiger partial charge in [0.25, 0.3) is 0 Å². The second-order valence-electron chi connectivity index (χ2n) is 4.65. The van der Waals surface area contributed by atoms with Crippen molar-refractivity contribution in [3.63, 3.8) is 0 Å². The van der Waals surface area contributed by atoms with Gasteiger partial charge in [0.1, 0.15) is 0 Å². The number of benzene rings is 1. The predicted molar refractivity (Wildman–Crippen MR) is 70.5 cm³/mol. The molecule has 0 amide bonds. The molecular formula is C14H19BrO. The van der Waals surface area contributed by atoms with Crippen LogP contribution >= 0.6 is 15.9 Å². The van der Waals surface area contributed by atoms with Crippen molar-refractivity contribution in [1.29, 1.82) is 0 Å². The average molecular weight is 283 g/mol. The van der Waals surface area contributed by atoms with Crippen molar-refractivity contribution >= 4 is 15.9 Å². The van der Waals surface area contributed by atoms with Crippen LogP contribution in [-0.4, -0.2) is 6.61 Å². The molecule has 1 atom stereocenters. The lowest BCUT2D eigenvalue weighted by Gasteiger charge is -2.25. The third kappa shape index (κ3) is 3.33. The lowest BCUT2D eigenvalue weighted by molar-refractivity contribution is 0.0485. The summed E-state index contributed by atoms with van der Waals surface area (Å²) in [6.45, 7) is 3.03. The summed E-state index contributed by atoms with van der Waals surface area (Å²) in [6.07, 6.45) is 5.70. The summed E-state index contributed by atoms with van der Waals surface area (Å²) in [4.78, 5) is 0. The lowest BCUT2D eigenvalue weighted by atomic mass is 9.83. The molecule has 16 heavy (non-hydrogen) atoms. The van der Waals surface area contributed by atoms with E-state index in [1.807, 2.05) is 0 Å². The summed E-state index contributed by atoms with van der Waals surface area (Å²) in [6, 6.07) is 8.39. The Morgan fingerprint density at radius 1 is 1.31 bits per heavy atom. The monoisotopic (exact) mass is 282 g/mol. The van der Waals surface area contributed by atoms with Crippen LogP contribution in [-0.2, 0) is 4.74 Å². The highest BCUT2D eigenvalue weighted by Gasteiger charge is 2.17. The summed E-state index contributed by atoms with van der Waals surface area (Å²) in [5, 5.41) is 0. The quantitative estimate of drug-likeness (QED) is 0.760. The van der Waals surface area contributed by atoms with Crippen LogP contribution in [0.1, 0.15) is 44.3 Å². The summed E-state index contributed by atoms with van der Waals surface area (Å²) in [5.74, 6) is 0.942. The molecule has 0 aromatic heterocycles. The maximum absolute atomic E-state index is 5.86. The molecule has 1 saturated carbocycles. The van der Waals surface area contributed by atoms with Crippen molar-refractivity contribution in [2.45, 2.75) is 38.7 Å². The zero-order valence-corrected chi connectivity index (χ0v) is 11.4. The van der Waals surface area contributed by atoms with Crippen LogP contribution in [0.3, 0.4) is 0 Å². The van der Waals surface area contributed by atoms with Crippen molar-refractivity contribution in [2.75, 3.05) is 6.61 Å². The molecule has 88 valence electrons. The van der Waals surface area contributed by atoms with Crippen molar-refractivity contribution in [3.8, 4) is 0 Å². The Morgan fingerprint density at radius 3 is 2.56 bits per heavy atom. The first kappa shape index (κ1) is 12.1. The maximum Gasteiger partial charge on any atom is 0.0796 e. The Hall–Kier alpha value is -0.340. The van der Waals surface area contributed by atoms with Gasteiger partial charge >= 0.3 is 0 Å². The normalized spacial score (nSPS) is 18.1. The maximum atomic E-state index is 5.86. The molecule has 1 aromatic rings. The van der Waals surface area contributed by atoms with Gasteiger partial charge in [-0.2, -0.15) is 0 Å². The minimum atomic E-state index is 0.216. The fraction of sp³-hybridized carbons (Fsp3) is 0.571. The topological polar surface area (TPSA) is 9.23 Å². The molecule has 2 heteroatoms. The van der Waals surface area contributed by atoms with Gasteiger partial charge in [-0.15, -0.1) is 0 Å². The van der Waals surface area contributed by atoms with E-state index in [4.69, 9.17) is 4.74 Å². The Bertz CT molecular complexity index is 316. The highest BCUT2D eigenvalue weighted by Crippen LogP contribution is 2.30. The van der Waals surface area contributed by atoms with Gasteiger partial charge in [0.05, 0.1) is 6.10 Å². The molecule has 2 rings (SSSR count). The van der Waals surface area contributed by atoms with Crippen LogP contribution in [0, 0.1) is 5.92 Å². The Kier molecular flexibility index (Phi) is 4.42. The van der Waals surface area contributed by atoms with E-state index in [9.17, 15) is 0 Å². The fourth-order valence-corrected chi connectivity index (χ4v) is 2.29. The van der Waals surface area contributed by atoms with Crippen LogP contribution < -0.4 is 0 Å². The van der Waals surface area contributed by atoms with Gasteiger partial charge in [-0.25, -0.2) is 0 Å². The van der Waals surface area contributed by atoms with Crippen molar-refractivity contribution in [2.24, 2.45) is 5.92 Å². The molecule has 1 unspecified atom stereocenters. The van der Waals surface area contributed by atoms with Crippen LogP contribution in [0.2, 0.25) is 0 Å². The Balaban J connectivity index is 1.73. The number of rotatable bonds is 5.